The highest BCUT2D eigenvalue weighted by Crippen LogP contribution is 2.29. The summed E-state index contributed by atoms with van der Waals surface area (Å²) >= 11 is 6.41. The molecule has 1 atom stereocenters. The number of halogens is 1. The molecule has 0 aromatic heterocycles. The van der Waals surface area contributed by atoms with Crippen molar-refractivity contribution < 1.29 is 0 Å². The summed E-state index contributed by atoms with van der Waals surface area (Å²) in [5.41, 5.74) is 8.42. The molecule has 0 saturated heterocycles. The van der Waals surface area contributed by atoms with Crippen molar-refractivity contribution in [3.05, 3.63) is 28.8 Å². The SMILES string of the molecule is CC(C)CN(CC(C)C)c1cccc(Cl)c1CC(C)N. The maximum Gasteiger partial charge on any atom is 0.0459 e. The lowest BCUT2D eigenvalue weighted by molar-refractivity contribution is 0.550. The molecule has 0 amide bonds. The van der Waals surface area contributed by atoms with Gasteiger partial charge in [0.1, 0.15) is 0 Å². The zero-order chi connectivity index (χ0) is 15.3. The van der Waals surface area contributed by atoms with E-state index in [4.69, 9.17) is 17.3 Å². The van der Waals surface area contributed by atoms with E-state index in [2.05, 4.69) is 38.7 Å². The van der Waals surface area contributed by atoms with Crippen molar-refractivity contribution in [2.45, 2.75) is 47.1 Å². The molecule has 0 heterocycles. The van der Waals surface area contributed by atoms with Crippen molar-refractivity contribution in [1.82, 2.24) is 0 Å². The van der Waals surface area contributed by atoms with Crippen molar-refractivity contribution in [3.8, 4) is 0 Å². The Bertz CT molecular complexity index is 403. The minimum absolute atomic E-state index is 0.119. The fourth-order valence-electron chi connectivity index (χ4n) is 2.52. The number of hydrogen-bond acceptors (Lipinski definition) is 2. The molecule has 20 heavy (non-hydrogen) atoms. The van der Waals surface area contributed by atoms with E-state index in [0.717, 1.165) is 24.5 Å². The van der Waals surface area contributed by atoms with E-state index >= 15 is 0 Å². The average Bonchev–Trinajstić information content (AvgIpc) is 2.29. The maximum absolute atomic E-state index is 6.41. The first kappa shape index (κ1) is 17.3. The van der Waals surface area contributed by atoms with Crippen LogP contribution in [-0.4, -0.2) is 19.1 Å². The number of nitrogens with zero attached hydrogens (tertiary/aromatic N) is 1. The van der Waals surface area contributed by atoms with Crippen molar-refractivity contribution in [3.63, 3.8) is 0 Å². The Morgan fingerprint density at radius 3 is 2.05 bits per heavy atom. The third-order valence-electron chi connectivity index (χ3n) is 3.13. The van der Waals surface area contributed by atoms with Gasteiger partial charge in [-0.2, -0.15) is 0 Å². The van der Waals surface area contributed by atoms with Crippen LogP contribution in [0.5, 0.6) is 0 Å². The minimum Gasteiger partial charge on any atom is -0.371 e. The van der Waals surface area contributed by atoms with Crippen molar-refractivity contribution in [2.24, 2.45) is 17.6 Å². The van der Waals surface area contributed by atoms with Gasteiger partial charge in [0.05, 0.1) is 0 Å². The third kappa shape index (κ3) is 5.34. The molecule has 1 unspecified atom stereocenters. The molecule has 0 radical (unpaired) electrons. The highest BCUT2D eigenvalue weighted by molar-refractivity contribution is 6.31. The predicted molar refractivity (Wildman–Crippen MR) is 90.7 cm³/mol. The summed E-state index contributed by atoms with van der Waals surface area (Å²) < 4.78 is 0. The summed E-state index contributed by atoms with van der Waals surface area (Å²) in [6, 6.07) is 6.30. The highest BCUT2D eigenvalue weighted by atomic mass is 35.5. The smallest absolute Gasteiger partial charge is 0.0459 e. The Kier molecular flexibility index (Phi) is 6.84. The number of rotatable bonds is 7. The lowest BCUT2D eigenvalue weighted by atomic mass is 10.0. The van der Waals surface area contributed by atoms with Crippen LogP contribution in [0.25, 0.3) is 0 Å². The number of nitrogens with two attached hydrogens (primary N) is 1. The fraction of sp³-hybridized carbons (Fsp3) is 0.647. The molecule has 2 nitrogen and oxygen atoms in total. The Balaban J connectivity index is 3.13. The summed E-state index contributed by atoms with van der Waals surface area (Å²) in [6.45, 7) is 13.1. The summed E-state index contributed by atoms with van der Waals surface area (Å²) in [6.07, 6.45) is 0.821. The highest BCUT2D eigenvalue weighted by Gasteiger charge is 2.17. The molecule has 1 aromatic rings. The molecule has 1 aromatic carbocycles. The van der Waals surface area contributed by atoms with Crippen LogP contribution in [-0.2, 0) is 6.42 Å². The zero-order valence-electron chi connectivity index (χ0n) is 13.5. The molecule has 2 N–H and O–H groups in total. The second-order valence-corrected chi connectivity index (χ2v) is 7.02. The number of hydrogen-bond donors (Lipinski definition) is 1. The van der Waals surface area contributed by atoms with Crippen LogP contribution in [0.15, 0.2) is 18.2 Å². The Hall–Kier alpha value is -0.730. The molecular formula is C17H29ClN2. The first-order chi connectivity index (χ1) is 9.31. The van der Waals surface area contributed by atoms with E-state index in [0.29, 0.717) is 11.8 Å². The van der Waals surface area contributed by atoms with E-state index in [-0.39, 0.29) is 6.04 Å². The molecule has 114 valence electrons. The summed E-state index contributed by atoms with van der Waals surface area (Å²) in [7, 11) is 0. The molecule has 0 bridgehead atoms. The molecule has 1 rings (SSSR count). The van der Waals surface area contributed by atoms with Crippen LogP contribution in [0.4, 0.5) is 5.69 Å². The van der Waals surface area contributed by atoms with E-state index < -0.39 is 0 Å². The molecule has 0 aliphatic carbocycles. The van der Waals surface area contributed by atoms with Crippen LogP contribution in [0.2, 0.25) is 5.02 Å². The van der Waals surface area contributed by atoms with Gasteiger partial charge in [-0.1, -0.05) is 45.4 Å². The second-order valence-electron chi connectivity index (χ2n) is 6.61. The lowest BCUT2D eigenvalue weighted by Gasteiger charge is -2.31. The minimum atomic E-state index is 0.119. The van der Waals surface area contributed by atoms with Crippen LogP contribution in [0.1, 0.15) is 40.2 Å². The van der Waals surface area contributed by atoms with Gasteiger partial charge in [0, 0.05) is 29.8 Å². The largest absolute Gasteiger partial charge is 0.371 e. The van der Waals surface area contributed by atoms with Gasteiger partial charge >= 0.3 is 0 Å². The zero-order valence-corrected chi connectivity index (χ0v) is 14.2. The third-order valence-corrected chi connectivity index (χ3v) is 3.49. The second kappa shape index (κ2) is 7.90. The first-order valence-corrected chi connectivity index (χ1v) is 7.97. The monoisotopic (exact) mass is 296 g/mol. The molecular weight excluding hydrogens is 268 g/mol. The van der Waals surface area contributed by atoms with Gasteiger partial charge in [0.2, 0.25) is 0 Å². The Morgan fingerprint density at radius 2 is 1.60 bits per heavy atom. The number of anilines is 1. The van der Waals surface area contributed by atoms with Gasteiger partial charge in [-0.05, 0) is 42.9 Å². The molecule has 0 saturated carbocycles. The lowest BCUT2D eigenvalue weighted by Crippen LogP contribution is -2.32. The van der Waals surface area contributed by atoms with Crippen LogP contribution >= 0.6 is 11.6 Å². The first-order valence-electron chi connectivity index (χ1n) is 7.59. The molecule has 0 aliphatic rings. The topological polar surface area (TPSA) is 29.3 Å². The molecule has 0 spiro atoms. The summed E-state index contributed by atoms with van der Waals surface area (Å²) in [5.74, 6) is 1.24. The van der Waals surface area contributed by atoms with Crippen LogP contribution in [0, 0.1) is 11.8 Å². The van der Waals surface area contributed by atoms with Crippen molar-refractivity contribution in [1.29, 1.82) is 0 Å². The van der Waals surface area contributed by atoms with Gasteiger partial charge in [0.15, 0.2) is 0 Å². The fourth-order valence-corrected chi connectivity index (χ4v) is 2.77. The standard InChI is InChI=1S/C17H29ClN2/c1-12(2)10-20(11-13(3)4)17-8-6-7-16(18)15(17)9-14(5)19/h6-8,12-14H,9-11,19H2,1-5H3. The van der Waals surface area contributed by atoms with Gasteiger partial charge < -0.3 is 10.6 Å². The van der Waals surface area contributed by atoms with E-state index in [1.54, 1.807) is 0 Å². The normalized spacial score (nSPS) is 13.1. The molecule has 0 fully saturated rings. The van der Waals surface area contributed by atoms with E-state index in [1.807, 2.05) is 19.1 Å². The summed E-state index contributed by atoms with van der Waals surface area (Å²) in [4.78, 5) is 2.46. The number of benzene rings is 1. The molecule has 0 aliphatic heterocycles. The van der Waals surface area contributed by atoms with E-state index in [1.165, 1.54) is 11.3 Å². The van der Waals surface area contributed by atoms with Gasteiger partial charge in [-0.15, -0.1) is 0 Å². The van der Waals surface area contributed by atoms with E-state index in [9.17, 15) is 0 Å². The van der Waals surface area contributed by atoms with Crippen LogP contribution < -0.4 is 10.6 Å². The van der Waals surface area contributed by atoms with Gasteiger partial charge in [0.25, 0.3) is 0 Å². The Labute approximate surface area is 129 Å². The predicted octanol–water partition coefficient (Wildman–Crippen LogP) is 4.35. The van der Waals surface area contributed by atoms with Crippen molar-refractivity contribution in [2.75, 3.05) is 18.0 Å². The summed E-state index contributed by atoms with van der Waals surface area (Å²) in [5, 5.41) is 0.831. The van der Waals surface area contributed by atoms with Crippen molar-refractivity contribution >= 4 is 17.3 Å². The quantitative estimate of drug-likeness (QED) is 0.810. The Morgan fingerprint density at radius 1 is 1.05 bits per heavy atom. The molecule has 3 heteroatoms. The average molecular weight is 297 g/mol. The van der Waals surface area contributed by atoms with Crippen LogP contribution in [0.3, 0.4) is 0 Å². The maximum atomic E-state index is 6.41. The van der Waals surface area contributed by atoms with Gasteiger partial charge in [-0.25, -0.2) is 0 Å². The van der Waals surface area contributed by atoms with Gasteiger partial charge in [-0.3, -0.25) is 0 Å².